The molecule has 0 spiro atoms. The lowest BCUT2D eigenvalue weighted by Crippen LogP contribution is -2.28. The molecule has 0 fully saturated rings. The van der Waals surface area contributed by atoms with Gasteiger partial charge in [0.05, 0.1) is 19.4 Å². The highest BCUT2D eigenvalue weighted by molar-refractivity contribution is 7.99. The molecule has 35 heavy (non-hydrogen) atoms. The SMILES string of the molecule is CC.COc1ccc(CSC(C)(C)CC(=O)N/N=C(\C)c2ccc(OCCCC(=O)O)cc2)cc1. The number of hydrogen-bond acceptors (Lipinski definition) is 6. The van der Waals surface area contributed by atoms with Crippen LogP contribution in [0.1, 0.15) is 65.0 Å². The topological polar surface area (TPSA) is 97.2 Å². The van der Waals surface area contributed by atoms with E-state index in [1.54, 1.807) is 31.0 Å². The molecule has 8 heteroatoms. The van der Waals surface area contributed by atoms with Gasteiger partial charge in [-0.3, -0.25) is 9.59 Å². The molecule has 0 aliphatic carbocycles. The van der Waals surface area contributed by atoms with Crippen molar-refractivity contribution in [3.05, 3.63) is 59.7 Å². The van der Waals surface area contributed by atoms with E-state index in [1.165, 1.54) is 5.56 Å². The van der Waals surface area contributed by atoms with E-state index in [4.69, 9.17) is 14.6 Å². The first-order chi connectivity index (χ1) is 16.7. The summed E-state index contributed by atoms with van der Waals surface area (Å²) in [6, 6.07) is 15.2. The van der Waals surface area contributed by atoms with E-state index < -0.39 is 5.97 Å². The number of amides is 1. The fourth-order valence-electron chi connectivity index (χ4n) is 2.89. The van der Waals surface area contributed by atoms with Crippen molar-refractivity contribution in [3.63, 3.8) is 0 Å². The zero-order chi connectivity index (χ0) is 26.3. The monoisotopic (exact) mass is 502 g/mol. The Kier molecular flexibility index (Phi) is 13.6. The second-order valence-electron chi connectivity index (χ2n) is 8.18. The maximum absolute atomic E-state index is 12.4. The molecule has 0 atom stereocenters. The van der Waals surface area contributed by atoms with Gasteiger partial charge in [0, 0.05) is 23.3 Å². The zero-order valence-corrected chi connectivity index (χ0v) is 22.4. The molecule has 7 nitrogen and oxygen atoms in total. The van der Waals surface area contributed by atoms with Gasteiger partial charge in [-0.25, -0.2) is 5.43 Å². The number of hydrogen-bond donors (Lipinski definition) is 2. The van der Waals surface area contributed by atoms with Gasteiger partial charge in [0.2, 0.25) is 5.91 Å². The molecule has 192 valence electrons. The maximum atomic E-state index is 12.4. The number of ether oxygens (including phenoxy) is 2. The number of carboxylic acid groups (broad SMARTS) is 1. The molecule has 0 heterocycles. The first kappa shape index (κ1) is 30.0. The van der Waals surface area contributed by atoms with Crippen molar-refractivity contribution in [2.24, 2.45) is 5.10 Å². The predicted molar refractivity (Wildman–Crippen MR) is 143 cm³/mol. The smallest absolute Gasteiger partial charge is 0.303 e. The molecule has 2 rings (SSSR count). The molecule has 0 saturated carbocycles. The molecule has 0 saturated heterocycles. The second-order valence-corrected chi connectivity index (χ2v) is 9.86. The number of carbonyl (C=O) groups excluding carboxylic acids is 1. The predicted octanol–water partition coefficient (Wildman–Crippen LogP) is 5.91. The van der Waals surface area contributed by atoms with Gasteiger partial charge in [-0.05, 0) is 60.9 Å². The summed E-state index contributed by atoms with van der Waals surface area (Å²) < 4.78 is 10.5. The Labute approximate surface area is 213 Å². The number of aliphatic carboxylic acids is 1. The highest BCUT2D eigenvalue weighted by Crippen LogP contribution is 2.31. The van der Waals surface area contributed by atoms with Gasteiger partial charge < -0.3 is 14.6 Å². The normalized spacial score (nSPS) is 11.2. The summed E-state index contributed by atoms with van der Waals surface area (Å²) in [5, 5.41) is 12.9. The van der Waals surface area contributed by atoms with E-state index in [2.05, 4.69) is 10.5 Å². The van der Waals surface area contributed by atoms with E-state index in [1.807, 2.05) is 71.0 Å². The third-order valence-corrected chi connectivity index (χ3v) is 6.20. The Hall–Kier alpha value is -3.00. The first-order valence-corrected chi connectivity index (χ1v) is 12.7. The summed E-state index contributed by atoms with van der Waals surface area (Å²) in [6.07, 6.45) is 0.881. The summed E-state index contributed by atoms with van der Waals surface area (Å²) in [6.45, 7) is 10.3. The number of hydrazone groups is 1. The molecule has 2 N–H and O–H groups in total. The highest BCUT2D eigenvalue weighted by atomic mass is 32.2. The molecule has 0 aliphatic heterocycles. The molecule has 1 amide bonds. The molecule has 0 unspecified atom stereocenters. The van der Waals surface area contributed by atoms with Crippen LogP contribution in [-0.4, -0.2) is 41.2 Å². The zero-order valence-electron chi connectivity index (χ0n) is 21.6. The van der Waals surface area contributed by atoms with Crippen molar-refractivity contribution >= 4 is 29.4 Å². The third-order valence-electron chi connectivity index (χ3n) is 4.80. The second kappa shape index (κ2) is 15.8. The van der Waals surface area contributed by atoms with Crippen LogP contribution in [0, 0.1) is 0 Å². The van der Waals surface area contributed by atoms with Crippen LogP contribution in [0.15, 0.2) is 53.6 Å². The van der Waals surface area contributed by atoms with Crippen LogP contribution in [0.25, 0.3) is 0 Å². The summed E-state index contributed by atoms with van der Waals surface area (Å²) in [5.41, 5.74) is 5.37. The summed E-state index contributed by atoms with van der Waals surface area (Å²) in [4.78, 5) is 23.0. The molecule has 2 aromatic carbocycles. The summed E-state index contributed by atoms with van der Waals surface area (Å²) in [5.74, 6) is 1.32. The van der Waals surface area contributed by atoms with Gasteiger partial charge in [0.15, 0.2) is 0 Å². The standard InChI is InChI=1S/C25H32N2O5S.C2H6/c1-18(20-9-13-22(14-10-20)32-15-5-6-24(29)30)26-27-23(28)16-25(2,3)33-17-19-7-11-21(31-4)12-8-19;1-2/h7-14H,5-6,15-17H2,1-4H3,(H,27,28)(H,29,30);1-2H3/b26-18+;. The van der Waals surface area contributed by atoms with Gasteiger partial charge in [0.25, 0.3) is 0 Å². The summed E-state index contributed by atoms with van der Waals surface area (Å²) in [7, 11) is 1.65. The van der Waals surface area contributed by atoms with Crippen molar-refractivity contribution in [2.45, 2.75) is 64.4 Å². The number of nitrogens with one attached hydrogen (secondary N) is 1. The van der Waals surface area contributed by atoms with Crippen LogP contribution in [0.4, 0.5) is 0 Å². The molecular formula is C27H38N2O5S. The van der Waals surface area contributed by atoms with Crippen LogP contribution >= 0.6 is 11.8 Å². The lowest BCUT2D eigenvalue weighted by atomic mass is 10.1. The molecule has 2 aromatic rings. The van der Waals surface area contributed by atoms with Crippen molar-refractivity contribution in [2.75, 3.05) is 13.7 Å². The van der Waals surface area contributed by atoms with Gasteiger partial charge in [0.1, 0.15) is 11.5 Å². The molecular weight excluding hydrogens is 464 g/mol. The van der Waals surface area contributed by atoms with Crippen molar-refractivity contribution < 1.29 is 24.2 Å². The Morgan fingerprint density at radius 1 is 1.03 bits per heavy atom. The fraction of sp³-hybridized carbons (Fsp3) is 0.444. The number of nitrogens with zero attached hydrogens (tertiary/aromatic N) is 1. The Morgan fingerprint density at radius 2 is 1.63 bits per heavy atom. The molecule has 0 bridgehead atoms. The van der Waals surface area contributed by atoms with E-state index >= 15 is 0 Å². The minimum Gasteiger partial charge on any atom is -0.497 e. The number of benzene rings is 2. The minimum atomic E-state index is -0.831. The lowest BCUT2D eigenvalue weighted by Gasteiger charge is -2.23. The van der Waals surface area contributed by atoms with Crippen LogP contribution < -0.4 is 14.9 Å². The number of thioether (sulfide) groups is 1. The van der Waals surface area contributed by atoms with Crippen LogP contribution in [-0.2, 0) is 15.3 Å². The molecule has 0 aliphatic rings. The lowest BCUT2D eigenvalue weighted by molar-refractivity contribution is -0.137. The molecule has 0 aromatic heterocycles. The van der Waals surface area contributed by atoms with Gasteiger partial charge in [-0.2, -0.15) is 16.9 Å². The number of carbonyl (C=O) groups is 2. The minimum absolute atomic E-state index is 0.0837. The van der Waals surface area contributed by atoms with Crippen molar-refractivity contribution in [1.29, 1.82) is 0 Å². The fourth-order valence-corrected chi connectivity index (χ4v) is 3.88. The Bertz CT molecular complexity index is 941. The van der Waals surface area contributed by atoms with Crippen molar-refractivity contribution in [1.82, 2.24) is 5.43 Å². The number of methoxy groups -OCH3 is 1. The quantitative estimate of drug-likeness (QED) is 0.201. The van der Waals surface area contributed by atoms with Crippen LogP contribution in [0.3, 0.4) is 0 Å². The Morgan fingerprint density at radius 3 is 2.20 bits per heavy atom. The van der Waals surface area contributed by atoms with Gasteiger partial charge >= 0.3 is 5.97 Å². The average molecular weight is 503 g/mol. The van der Waals surface area contributed by atoms with E-state index in [-0.39, 0.29) is 17.1 Å². The van der Waals surface area contributed by atoms with Crippen LogP contribution in [0.2, 0.25) is 0 Å². The average Bonchev–Trinajstić information content (AvgIpc) is 2.85. The largest absolute Gasteiger partial charge is 0.497 e. The molecule has 0 radical (unpaired) electrons. The summed E-state index contributed by atoms with van der Waals surface area (Å²) >= 11 is 1.72. The third kappa shape index (κ3) is 12.3. The number of rotatable bonds is 13. The van der Waals surface area contributed by atoms with Crippen LogP contribution in [0.5, 0.6) is 11.5 Å². The van der Waals surface area contributed by atoms with Gasteiger partial charge in [-0.1, -0.05) is 39.8 Å². The van der Waals surface area contributed by atoms with Crippen molar-refractivity contribution in [3.8, 4) is 11.5 Å². The van der Waals surface area contributed by atoms with E-state index in [9.17, 15) is 9.59 Å². The number of carboxylic acids is 1. The van der Waals surface area contributed by atoms with E-state index in [0.717, 1.165) is 17.1 Å². The van der Waals surface area contributed by atoms with Gasteiger partial charge in [-0.15, -0.1) is 0 Å². The first-order valence-electron chi connectivity index (χ1n) is 11.7. The Balaban J connectivity index is 0.00000298. The van der Waals surface area contributed by atoms with E-state index in [0.29, 0.717) is 30.9 Å². The highest BCUT2D eigenvalue weighted by Gasteiger charge is 2.22. The maximum Gasteiger partial charge on any atom is 0.303 e.